The largest absolute Gasteiger partial charge is 0.351 e. The average molecular weight is 419 g/mol. The van der Waals surface area contributed by atoms with E-state index in [1.165, 1.54) is 37.4 Å². The fourth-order valence-electron chi connectivity index (χ4n) is 4.98. The highest BCUT2D eigenvalue weighted by molar-refractivity contribution is 7.99. The predicted octanol–water partition coefficient (Wildman–Crippen LogP) is 5.01. The number of fused-ring (bicyclic) bond motifs is 2. The standard InChI is InChI=1S/C21H30N4OS2/c1-13(16-11-14-7-8-15(16)10-14)25-19(17-6-5-9-27-17)23-24-20(25)28-12-18(26)22-21(2,3)4/h5-6,9,13-16H,7-8,10-12H2,1-4H3,(H,22,26). The van der Waals surface area contributed by atoms with Crippen LogP contribution < -0.4 is 5.32 Å². The zero-order valence-electron chi connectivity index (χ0n) is 17.1. The summed E-state index contributed by atoms with van der Waals surface area (Å²) in [6.07, 6.45) is 5.49. The lowest BCUT2D eigenvalue weighted by molar-refractivity contribution is -0.119. The second kappa shape index (κ2) is 7.82. The molecule has 4 unspecified atom stereocenters. The van der Waals surface area contributed by atoms with Crippen LogP contribution in [0.4, 0.5) is 0 Å². The number of thioether (sulfide) groups is 1. The first kappa shape index (κ1) is 20.0. The molecule has 4 atom stereocenters. The van der Waals surface area contributed by atoms with Gasteiger partial charge in [0.2, 0.25) is 5.91 Å². The van der Waals surface area contributed by atoms with Gasteiger partial charge in [0.05, 0.1) is 10.6 Å². The minimum atomic E-state index is -0.218. The molecule has 2 aromatic rings. The van der Waals surface area contributed by atoms with Crippen molar-refractivity contribution in [2.45, 2.75) is 70.1 Å². The molecule has 2 saturated carbocycles. The Morgan fingerprint density at radius 1 is 1.36 bits per heavy atom. The Labute approximate surface area is 175 Å². The van der Waals surface area contributed by atoms with Crippen molar-refractivity contribution in [3.63, 3.8) is 0 Å². The SMILES string of the molecule is CC(C1CC2CCC1C2)n1c(SCC(=O)NC(C)(C)C)nnc1-c1cccs1. The van der Waals surface area contributed by atoms with Crippen molar-refractivity contribution < 1.29 is 4.79 Å². The molecule has 5 nitrogen and oxygen atoms in total. The lowest BCUT2D eigenvalue weighted by atomic mass is 9.84. The van der Waals surface area contributed by atoms with Gasteiger partial charge in [-0.15, -0.1) is 21.5 Å². The Kier molecular flexibility index (Phi) is 5.58. The van der Waals surface area contributed by atoms with Gasteiger partial charge >= 0.3 is 0 Å². The molecule has 1 N–H and O–H groups in total. The molecule has 2 aliphatic carbocycles. The Morgan fingerprint density at radius 2 is 2.18 bits per heavy atom. The lowest BCUT2D eigenvalue weighted by Crippen LogP contribution is -2.41. The first-order chi connectivity index (χ1) is 13.3. The van der Waals surface area contributed by atoms with Crippen molar-refractivity contribution in [1.82, 2.24) is 20.1 Å². The molecule has 1 amide bonds. The molecule has 4 rings (SSSR count). The maximum Gasteiger partial charge on any atom is 0.230 e. The second-order valence-electron chi connectivity index (χ2n) is 9.32. The predicted molar refractivity (Wildman–Crippen MR) is 116 cm³/mol. The Hall–Kier alpha value is -1.34. The van der Waals surface area contributed by atoms with E-state index in [0.29, 0.717) is 17.7 Å². The van der Waals surface area contributed by atoms with Gasteiger partial charge in [0.25, 0.3) is 0 Å². The van der Waals surface area contributed by atoms with E-state index in [1.54, 1.807) is 11.3 Å². The smallest absolute Gasteiger partial charge is 0.230 e. The Balaban J connectivity index is 1.57. The molecule has 0 saturated heterocycles. The van der Waals surface area contributed by atoms with E-state index in [2.05, 4.69) is 44.5 Å². The fourth-order valence-corrected chi connectivity index (χ4v) is 6.51. The minimum absolute atomic E-state index is 0.0392. The zero-order chi connectivity index (χ0) is 19.9. The molecule has 152 valence electrons. The van der Waals surface area contributed by atoms with Gasteiger partial charge in [-0.1, -0.05) is 24.2 Å². The van der Waals surface area contributed by atoms with Gasteiger partial charge < -0.3 is 5.32 Å². The van der Waals surface area contributed by atoms with Crippen LogP contribution in [0.1, 0.15) is 59.4 Å². The highest BCUT2D eigenvalue weighted by Gasteiger charge is 2.43. The quantitative estimate of drug-likeness (QED) is 0.670. The maximum absolute atomic E-state index is 12.3. The van der Waals surface area contributed by atoms with Gasteiger partial charge in [-0.2, -0.15) is 0 Å². The van der Waals surface area contributed by atoms with Crippen LogP contribution in [-0.4, -0.2) is 32.0 Å². The summed E-state index contributed by atoms with van der Waals surface area (Å²) in [6.45, 7) is 8.34. The minimum Gasteiger partial charge on any atom is -0.351 e. The number of carbonyl (C=O) groups excluding carboxylic acids is 1. The van der Waals surface area contributed by atoms with E-state index in [1.807, 2.05) is 20.8 Å². The second-order valence-corrected chi connectivity index (χ2v) is 11.2. The number of nitrogens with zero attached hydrogens (tertiary/aromatic N) is 3. The highest BCUT2D eigenvalue weighted by Crippen LogP contribution is 2.53. The summed E-state index contributed by atoms with van der Waals surface area (Å²) < 4.78 is 2.31. The van der Waals surface area contributed by atoms with Crippen LogP contribution in [0.2, 0.25) is 0 Å². The van der Waals surface area contributed by atoms with E-state index in [-0.39, 0.29) is 11.4 Å². The van der Waals surface area contributed by atoms with Crippen molar-refractivity contribution >= 4 is 29.0 Å². The number of carbonyl (C=O) groups is 1. The van der Waals surface area contributed by atoms with E-state index in [4.69, 9.17) is 0 Å². The van der Waals surface area contributed by atoms with E-state index < -0.39 is 0 Å². The molecule has 2 heterocycles. The molecule has 0 aliphatic heterocycles. The van der Waals surface area contributed by atoms with Crippen molar-refractivity contribution in [2.75, 3.05) is 5.75 Å². The lowest BCUT2D eigenvalue weighted by Gasteiger charge is -2.30. The highest BCUT2D eigenvalue weighted by atomic mass is 32.2. The summed E-state index contributed by atoms with van der Waals surface area (Å²) in [6, 6.07) is 4.53. The summed E-state index contributed by atoms with van der Waals surface area (Å²) in [5.74, 6) is 3.79. The van der Waals surface area contributed by atoms with Crippen LogP contribution in [0.3, 0.4) is 0 Å². The van der Waals surface area contributed by atoms with Gasteiger partial charge in [-0.3, -0.25) is 9.36 Å². The topological polar surface area (TPSA) is 59.8 Å². The third-order valence-electron chi connectivity index (χ3n) is 6.07. The number of nitrogens with one attached hydrogen (secondary N) is 1. The molecule has 2 aliphatic rings. The monoisotopic (exact) mass is 418 g/mol. The molecule has 2 aromatic heterocycles. The van der Waals surface area contributed by atoms with Crippen LogP contribution in [0, 0.1) is 17.8 Å². The Morgan fingerprint density at radius 3 is 2.79 bits per heavy atom. The van der Waals surface area contributed by atoms with Crippen molar-refractivity contribution in [2.24, 2.45) is 17.8 Å². The summed E-state index contributed by atoms with van der Waals surface area (Å²) in [7, 11) is 0. The van der Waals surface area contributed by atoms with Crippen LogP contribution in [-0.2, 0) is 4.79 Å². The van der Waals surface area contributed by atoms with Crippen molar-refractivity contribution in [1.29, 1.82) is 0 Å². The number of rotatable bonds is 6. The van der Waals surface area contributed by atoms with Gasteiger partial charge in [0.15, 0.2) is 11.0 Å². The number of hydrogen-bond donors (Lipinski definition) is 1. The summed E-state index contributed by atoms with van der Waals surface area (Å²) >= 11 is 3.20. The molecule has 0 radical (unpaired) electrons. The molecule has 2 bridgehead atoms. The third-order valence-corrected chi connectivity index (χ3v) is 7.88. The molecule has 0 aromatic carbocycles. The van der Waals surface area contributed by atoms with Gasteiger partial charge in [0, 0.05) is 11.6 Å². The molecular formula is C21H30N4OS2. The number of amides is 1. The molecule has 0 spiro atoms. The molecule has 7 heteroatoms. The normalized spacial score (nSPS) is 25.2. The zero-order valence-corrected chi connectivity index (χ0v) is 18.8. The Bertz CT molecular complexity index is 824. The molecular weight excluding hydrogens is 388 g/mol. The maximum atomic E-state index is 12.3. The van der Waals surface area contributed by atoms with Gasteiger partial charge in [-0.25, -0.2) is 0 Å². The molecule has 28 heavy (non-hydrogen) atoms. The average Bonchev–Trinajstić information content (AvgIpc) is 3.41. The third kappa shape index (κ3) is 4.15. The first-order valence-electron chi connectivity index (χ1n) is 10.2. The summed E-state index contributed by atoms with van der Waals surface area (Å²) in [5, 5.41) is 15.0. The van der Waals surface area contributed by atoms with Crippen LogP contribution in [0.5, 0.6) is 0 Å². The van der Waals surface area contributed by atoms with Gasteiger partial charge in [-0.05, 0) is 76.2 Å². The van der Waals surface area contributed by atoms with Crippen molar-refractivity contribution in [3.05, 3.63) is 17.5 Å². The van der Waals surface area contributed by atoms with Crippen LogP contribution in [0.25, 0.3) is 10.7 Å². The molecule has 2 fully saturated rings. The van der Waals surface area contributed by atoms with E-state index in [0.717, 1.165) is 27.7 Å². The van der Waals surface area contributed by atoms with E-state index >= 15 is 0 Å². The number of hydrogen-bond acceptors (Lipinski definition) is 5. The van der Waals surface area contributed by atoms with E-state index in [9.17, 15) is 4.79 Å². The summed E-state index contributed by atoms with van der Waals surface area (Å²) in [5.41, 5.74) is -0.218. The van der Waals surface area contributed by atoms with Crippen LogP contribution >= 0.6 is 23.1 Å². The van der Waals surface area contributed by atoms with Crippen molar-refractivity contribution in [3.8, 4) is 10.7 Å². The number of aromatic nitrogens is 3. The first-order valence-corrected chi connectivity index (χ1v) is 12.1. The fraction of sp³-hybridized carbons (Fsp3) is 0.667. The summed E-state index contributed by atoms with van der Waals surface area (Å²) in [4.78, 5) is 13.5. The number of thiophene rings is 1. The van der Waals surface area contributed by atoms with Gasteiger partial charge in [0.1, 0.15) is 0 Å². The van der Waals surface area contributed by atoms with Crippen LogP contribution in [0.15, 0.2) is 22.7 Å².